The van der Waals surface area contributed by atoms with Crippen molar-refractivity contribution in [2.75, 3.05) is 51.1 Å². The Labute approximate surface area is 164 Å². The predicted octanol–water partition coefficient (Wildman–Crippen LogP) is 0.778. The average molecular weight is 388 g/mol. The number of nitrogens with zero attached hydrogens (tertiary/aromatic N) is 6. The highest BCUT2D eigenvalue weighted by molar-refractivity contribution is 5.92. The molecule has 2 amide bonds. The number of urea groups is 1. The van der Waals surface area contributed by atoms with Crippen LogP contribution in [0.2, 0.25) is 0 Å². The quantitative estimate of drug-likeness (QED) is 0.781. The molecule has 1 aliphatic heterocycles. The van der Waals surface area contributed by atoms with Crippen LogP contribution in [0.15, 0.2) is 18.5 Å². The molecule has 3 rings (SSSR count). The fourth-order valence-electron chi connectivity index (χ4n) is 3.36. The number of amides is 2. The molecular weight excluding hydrogens is 360 g/mol. The Balaban J connectivity index is 1.65. The summed E-state index contributed by atoms with van der Waals surface area (Å²) in [5.74, 6) is 0.600. The van der Waals surface area contributed by atoms with Crippen molar-refractivity contribution in [3.05, 3.63) is 29.7 Å². The lowest BCUT2D eigenvalue weighted by Gasteiger charge is -2.38. The molecule has 0 radical (unpaired) electrons. The zero-order valence-corrected chi connectivity index (χ0v) is 17.0. The maximum Gasteiger partial charge on any atom is 0.319 e. The highest BCUT2D eigenvalue weighted by Crippen LogP contribution is 2.27. The number of carbonyl (C=O) groups is 1. The van der Waals surface area contributed by atoms with Gasteiger partial charge in [-0.25, -0.2) is 4.79 Å². The fourth-order valence-corrected chi connectivity index (χ4v) is 3.36. The van der Waals surface area contributed by atoms with Crippen LogP contribution >= 0.6 is 0 Å². The van der Waals surface area contributed by atoms with Gasteiger partial charge in [0.1, 0.15) is 0 Å². The van der Waals surface area contributed by atoms with Crippen molar-refractivity contribution in [3.63, 3.8) is 0 Å². The van der Waals surface area contributed by atoms with Crippen molar-refractivity contribution in [2.24, 2.45) is 7.05 Å². The number of nitrogens with one attached hydrogen (secondary N) is 2. The molecule has 2 aromatic heterocycles. The number of anilines is 2. The van der Waals surface area contributed by atoms with Gasteiger partial charge in [-0.05, 0) is 20.0 Å². The minimum Gasteiger partial charge on any atom is -0.373 e. The smallest absolute Gasteiger partial charge is 0.319 e. The minimum absolute atomic E-state index is 0.0323. The van der Waals surface area contributed by atoms with E-state index in [1.54, 1.807) is 15.6 Å². The standard InChI is InChI=1S/C18H28N8O2/c1-12-8-14(17(23-22-12)24(2)3)21-18(27)19-10-15-16(25(4)6-7-28-15)13-9-20-26(5)11-13/h8-9,11,15-16H,6-7,10H2,1-5H3,(H2,19,21,22,27)/t15-,16-/m0/s1. The maximum absolute atomic E-state index is 12.5. The van der Waals surface area contributed by atoms with E-state index in [0.717, 1.165) is 17.8 Å². The summed E-state index contributed by atoms with van der Waals surface area (Å²) in [6.07, 6.45) is 3.66. The number of aromatic nitrogens is 4. The minimum atomic E-state index is -0.308. The maximum atomic E-state index is 12.5. The number of morpholine rings is 1. The number of aryl methyl sites for hydroxylation is 2. The molecule has 3 heterocycles. The molecule has 1 saturated heterocycles. The molecule has 2 atom stereocenters. The largest absolute Gasteiger partial charge is 0.373 e. The number of likely N-dealkylation sites (N-methyl/N-ethyl adjacent to an activating group) is 1. The van der Waals surface area contributed by atoms with Crippen LogP contribution in [0.1, 0.15) is 17.3 Å². The van der Waals surface area contributed by atoms with Crippen LogP contribution in [0, 0.1) is 6.92 Å². The van der Waals surface area contributed by atoms with Crippen molar-refractivity contribution >= 4 is 17.5 Å². The lowest BCUT2D eigenvalue weighted by molar-refractivity contribution is -0.0600. The Morgan fingerprint density at radius 1 is 1.36 bits per heavy atom. The first-order valence-corrected chi connectivity index (χ1v) is 9.22. The summed E-state index contributed by atoms with van der Waals surface area (Å²) in [5, 5.41) is 18.2. The first-order chi connectivity index (χ1) is 13.3. The molecule has 10 nitrogen and oxygen atoms in total. The van der Waals surface area contributed by atoms with E-state index in [1.165, 1.54) is 0 Å². The molecule has 1 fully saturated rings. The molecule has 0 unspecified atom stereocenters. The molecule has 0 spiro atoms. The van der Waals surface area contributed by atoms with Gasteiger partial charge in [0, 0.05) is 46.0 Å². The van der Waals surface area contributed by atoms with Gasteiger partial charge >= 0.3 is 6.03 Å². The van der Waals surface area contributed by atoms with E-state index in [2.05, 4.69) is 37.9 Å². The van der Waals surface area contributed by atoms with Crippen LogP contribution in [-0.2, 0) is 11.8 Å². The summed E-state index contributed by atoms with van der Waals surface area (Å²) < 4.78 is 7.73. The van der Waals surface area contributed by atoms with Crippen LogP contribution in [-0.4, -0.2) is 77.9 Å². The van der Waals surface area contributed by atoms with Gasteiger partial charge in [-0.15, -0.1) is 5.10 Å². The molecule has 10 heteroatoms. The number of rotatable bonds is 5. The number of hydrogen-bond acceptors (Lipinski definition) is 7. The third kappa shape index (κ3) is 4.57. The summed E-state index contributed by atoms with van der Waals surface area (Å²) in [7, 11) is 7.66. The Morgan fingerprint density at radius 3 is 2.82 bits per heavy atom. The van der Waals surface area contributed by atoms with Gasteiger partial charge in [0.2, 0.25) is 0 Å². The average Bonchev–Trinajstić information content (AvgIpc) is 3.05. The summed E-state index contributed by atoms with van der Waals surface area (Å²) in [6, 6.07) is 1.52. The summed E-state index contributed by atoms with van der Waals surface area (Å²) in [6.45, 7) is 3.67. The Bertz CT molecular complexity index is 822. The zero-order chi connectivity index (χ0) is 20.3. The predicted molar refractivity (Wildman–Crippen MR) is 106 cm³/mol. The second kappa shape index (κ2) is 8.53. The Kier molecular flexibility index (Phi) is 6.10. The van der Waals surface area contributed by atoms with Crippen LogP contribution < -0.4 is 15.5 Å². The van der Waals surface area contributed by atoms with E-state index >= 15 is 0 Å². The van der Waals surface area contributed by atoms with Gasteiger partial charge in [-0.1, -0.05) is 0 Å². The van der Waals surface area contributed by atoms with Crippen LogP contribution in [0.5, 0.6) is 0 Å². The van der Waals surface area contributed by atoms with E-state index < -0.39 is 0 Å². The molecule has 0 saturated carbocycles. The summed E-state index contributed by atoms with van der Waals surface area (Å²) in [4.78, 5) is 16.5. The zero-order valence-electron chi connectivity index (χ0n) is 17.0. The van der Waals surface area contributed by atoms with Crippen LogP contribution in [0.3, 0.4) is 0 Å². The first-order valence-electron chi connectivity index (χ1n) is 9.22. The number of ether oxygens (including phenoxy) is 1. The Morgan fingerprint density at radius 2 is 2.14 bits per heavy atom. The second-order valence-electron chi connectivity index (χ2n) is 7.23. The van der Waals surface area contributed by atoms with Gasteiger partial charge in [0.05, 0.1) is 36.3 Å². The molecule has 28 heavy (non-hydrogen) atoms. The number of carbonyl (C=O) groups excluding carboxylic acids is 1. The molecule has 0 aliphatic carbocycles. The van der Waals surface area contributed by atoms with E-state index in [0.29, 0.717) is 24.7 Å². The summed E-state index contributed by atoms with van der Waals surface area (Å²) >= 11 is 0. The molecule has 2 N–H and O–H groups in total. The SMILES string of the molecule is Cc1cc(NC(=O)NC[C@@H]2OCCN(C)[C@H]2c2cnn(C)c2)c(N(C)C)nn1. The van der Waals surface area contributed by atoms with Crippen molar-refractivity contribution < 1.29 is 9.53 Å². The van der Waals surface area contributed by atoms with Gasteiger partial charge in [0.25, 0.3) is 0 Å². The molecule has 0 bridgehead atoms. The molecule has 2 aromatic rings. The lowest BCUT2D eigenvalue weighted by Crippen LogP contribution is -2.48. The van der Waals surface area contributed by atoms with E-state index in [1.807, 2.05) is 40.5 Å². The van der Waals surface area contributed by atoms with Crippen LogP contribution in [0.4, 0.5) is 16.3 Å². The van der Waals surface area contributed by atoms with Crippen molar-refractivity contribution in [1.82, 2.24) is 30.2 Å². The molecule has 0 aromatic carbocycles. The Hall–Kier alpha value is -2.72. The third-order valence-corrected chi connectivity index (χ3v) is 4.70. The lowest BCUT2D eigenvalue weighted by atomic mass is 10.0. The topological polar surface area (TPSA) is 100 Å². The van der Waals surface area contributed by atoms with Crippen molar-refractivity contribution in [2.45, 2.75) is 19.1 Å². The van der Waals surface area contributed by atoms with Gasteiger partial charge in [-0.2, -0.15) is 10.2 Å². The second-order valence-corrected chi connectivity index (χ2v) is 7.23. The highest BCUT2D eigenvalue weighted by atomic mass is 16.5. The van der Waals surface area contributed by atoms with Crippen LogP contribution in [0.25, 0.3) is 0 Å². The molecule has 152 valence electrons. The number of hydrogen-bond donors (Lipinski definition) is 2. The molecular formula is C18H28N8O2. The van der Waals surface area contributed by atoms with E-state index in [9.17, 15) is 4.79 Å². The monoisotopic (exact) mass is 388 g/mol. The van der Waals surface area contributed by atoms with Gasteiger partial charge in [0.15, 0.2) is 5.82 Å². The fraction of sp³-hybridized carbons (Fsp3) is 0.556. The van der Waals surface area contributed by atoms with Crippen molar-refractivity contribution in [1.29, 1.82) is 0 Å². The van der Waals surface area contributed by atoms with Crippen molar-refractivity contribution in [3.8, 4) is 0 Å². The third-order valence-electron chi connectivity index (χ3n) is 4.70. The van der Waals surface area contributed by atoms with Gasteiger partial charge in [-0.3, -0.25) is 9.58 Å². The van der Waals surface area contributed by atoms with E-state index in [4.69, 9.17) is 4.74 Å². The first kappa shape index (κ1) is 20.0. The summed E-state index contributed by atoms with van der Waals surface area (Å²) in [5.41, 5.74) is 2.41. The van der Waals surface area contributed by atoms with Gasteiger partial charge < -0.3 is 20.3 Å². The highest BCUT2D eigenvalue weighted by Gasteiger charge is 2.32. The molecule has 1 aliphatic rings. The van der Waals surface area contributed by atoms with E-state index in [-0.39, 0.29) is 18.2 Å². The normalized spacial score (nSPS) is 20.0.